The number of carbonyl (C=O) groups excluding carboxylic acids is 1. The van der Waals surface area contributed by atoms with Crippen LogP contribution in [0.4, 0.5) is 4.39 Å². The number of piperazine rings is 1. The monoisotopic (exact) mass is 518 g/mol. The van der Waals surface area contributed by atoms with Crippen molar-refractivity contribution >= 4 is 33.4 Å². The van der Waals surface area contributed by atoms with E-state index in [9.17, 15) is 9.18 Å². The molecule has 2 aromatic carbocycles. The highest BCUT2D eigenvalue weighted by Gasteiger charge is 2.23. The van der Waals surface area contributed by atoms with Crippen LogP contribution in [-0.2, 0) is 13.1 Å². The van der Waals surface area contributed by atoms with Crippen LogP contribution in [0.5, 0.6) is 0 Å². The number of carbonyl (C=O) groups is 1. The Bertz CT molecular complexity index is 1140. The van der Waals surface area contributed by atoms with Crippen molar-refractivity contribution in [2.24, 2.45) is 0 Å². The first-order chi connectivity index (χ1) is 15.3. The molecule has 1 aliphatic rings. The molecular formula is C24H25BrClFN4O. The van der Waals surface area contributed by atoms with Crippen LogP contribution in [0.1, 0.15) is 32.9 Å². The van der Waals surface area contributed by atoms with Crippen molar-refractivity contribution < 1.29 is 9.18 Å². The Morgan fingerprint density at radius 2 is 1.84 bits per heavy atom. The van der Waals surface area contributed by atoms with E-state index in [1.165, 1.54) is 12.1 Å². The van der Waals surface area contributed by atoms with Crippen molar-refractivity contribution in [3.05, 3.63) is 85.9 Å². The van der Waals surface area contributed by atoms with Crippen molar-refractivity contribution in [1.29, 1.82) is 0 Å². The number of rotatable bonds is 5. The molecule has 4 rings (SSSR count). The summed E-state index contributed by atoms with van der Waals surface area (Å²) in [5, 5.41) is 5.00. The third-order valence-corrected chi connectivity index (χ3v) is 7.37. The van der Waals surface area contributed by atoms with Crippen LogP contribution in [0, 0.1) is 19.7 Å². The van der Waals surface area contributed by atoms with Gasteiger partial charge in [0.2, 0.25) is 0 Å². The Hall–Kier alpha value is -2.22. The lowest BCUT2D eigenvalue weighted by molar-refractivity contribution is 0.0628. The van der Waals surface area contributed by atoms with E-state index in [0.717, 1.165) is 40.1 Å². The van der Waals surface area contributed by atoms with Gasteiger partial charge < -0.3 is 4.90 Å². The van der Waals surface area contributed by atoms with Crippen LogP contribution in [-0.4, -0.2) is 51.7 Å². The van der Waals surface area contributed by atoms with E-state index in [1.807, 2.05) is 47.7 Å². The van der Waals surface area contributed by atoms with Crippen LogP contribution in [0.3, 0.4) is 0 Å². The van der Waals surface area contributed by atoms with Gasteiger partial charge in [-0.05, 0) is 65.2 Å². The van der Waals surface area contributed by atoms with E-state index in [-0.39, 0.29) is 11.7 Å². The Balaban J connectivity index is 1.38. The van der Waals surface area contributed by atoms with Crippen LogP contribution in [0.15, 0.2) is 46.9 Å². The maximum atomic E-state index is 13.3. The summed E-state index contributed by atoms with van der Waals surface area (Å²) in [6.45, 7) is 8.05. The molecule has 0 radical (unpaired) electrons. The predicted octanol–water partition coefficient (Wildman–Crippen LogP) is 5.06. The maximum Gasteiger partial charge on any atom is 0.253 e. The lowest BCUT2D eigenvalue weighted by Gasteiger charge is -2.35. The molecular weight excluding hydrogens is 495 g/mol. The second-order valence-corrected chi connectivity index (χ2v) is 9.35. The van der Waals surface area contributed by atoms with Crippen LogP contribution in [0.2, 0.25) is 5.02 Å². The number of aryl methyl sites for hydroxylation is 1. The number of nitrogens with zero attached hydrogens (tertiary/aromatic N) is 4. The van der Waals surface area contributed by atoms with Crippen molar-refractivity contribution in [2.75, 3.05) is 26.2 Å². The highest BCUT2D eigenvalue weighted by atomic mass is 79.9. The van der Waals surface area contributed by atoms with Gasteiger partial charge in [-0.15, -0.1) is 0 Å². The van der Waals surface area contributed by atoms with Gasteiger partial charge in [0.25, 0.3) is 5.91 Å². The van der Waals surface area contributed by atoms with Crippen LogP contribution >= 0.6 is 27.5 Å². The van der Waals surface area contributed by atoms with E-state index in [2.05, 4.69) is 25.9 Å². The standard InChI is InChI=1S/C24H25BrClFN4O/c1-16-23(25)17(2)31(28-16)14-18-4-3-5-19(12-18)24(32)30-10-8-29(9-11-30)15-20-6-7-21(27)13-22(20)26/h3-7,12-13H,8-11,14-15H2,1-2H3. The number of amides is 1. The molecule has 5 nitrogen and oxygen atoms in total. The summed E-state index contributed by atoms with van der Waals surface area (Å²) in [7, 11) is 0. The van der Waals surface area contributed by atoms with Gasteiger partial charge in [0.15, 0.2) is 0 Å². The molecule has 0 saturated carbocycles. The Kier molecular flexibility index (Phi) is 6.98. The normalized spacial score (nSPS) is 14.7. The summed E-state index contributed by atoms with van der Waals surface area (Å²) in [5.74, 6) is -0.289. The first-order valence-corrected chi connectivity index (χ1v) is 11.7. The van der Waals surface area contributed by atoms with E-state index in [4.69, 9.17) is 11.6 Å². The summed E-state index contributed by atoms with van der Waals surface area (Å²) in [5.41, 5.74) is 4.65. The summed E-state index contributed by atoms with van der Waals surface area (Å²) in [6, 6.07) is 12.3. The lowest BCUT2D eigenvalue weighted by atomic mass is 10.1. The fourth-order valence-electron chi connectivity index (χ4n) is 3.99. The van der Waals surface area contributed by atoms with E-state index in [1.54, 1.807) is 6.07 Å². The largest absolute Gasteiger partial charge is 0.336 e. The molecule has 0 spiro atoms. The molecule has 8 heteroatoms. The van der Waals surface area contributed by atoms with Crippen LogP contribution < -0.4 is 0 Å². The van der Waals surface area contributed by atoms with E-state index in [0.29, 0.717) is 36.8 Å². The summed E-state index contributed by atoms with van der Waals surface area (Å²) in [4.78, 5) is 17.2. The third kappa shape index (κ3) is 5.05. The van der Waals surface area contributed by atoms with Gasteiger partial charge in [-0.25, -0.2) is 4.39 Å². The lowest BCUT2D eigenvalue weighted by Crippen LogP contribution is -2.48. The van der Waals surface area contributed by atoms with Gasteiger partial charge in [0.05, 0.1) is 22.4 Å². The minimum absolute atomic E-state index is 0.0425. The third-order valence-electron chi connectivity index (χ3n) is 5.87. The van der Waals surface area contributed by atoms with Crippen molar-refractivity contribution in [3.63, 3.8) is 0 Å². The zero-order chi connectivity index (χ0) is 22.8. The number of hydrogen-bond donors (Lipinski definition) is 0. The summed E-state index contributed by atoms with van der Waals surface area (Å²) >= 11 is 9.72. The molecule has 0 atom stereocenters. The van der Waals surface area contributed by atoms with Crippen molar-refractivity contribution in [3.8, 4) is 0 Å². The zero-order valence-corrected chi connectivity index (χ0v) is 20.5. The van der Waals surface area contributed by atoms with Gasteiger partial charge in [0, 0.05) is 43.3 Å². The quantitative estimate of drug-likeness (QED) is 0.473. The van der Waals surface area contributed by atoms with Gasteiger partial charge in [-0.2, -0.15) is 5.10 Å². The minimum atomic E-state index is -0.332. The number of hydrogen-bond acceptors (Lipinski definition) is 3. The van der Waals surface area contributed by atoms with E-state index >= 15 is 0 Å². The second kappa shape index (κ2) is 9.73. The average molecular weight is 520 g/mol. The molecule has 0 N–H and O–H groups in total. The average Bonchev–Trinajstić information content (AvgIpc) is 3.02. The van der Waals surface area contributed by atoms with Gasteiger partial charge in [-0.3, -0.25) is 14.4 Å². The molecule has 168 valence electrons. The molecule has 0 aliphatic carbocycles. The highest BCUT2D eigenvalue weighted by Crippen LogP contribution is 2.22. The fraction of sp³-hybridized carbons (Fsp3) is 0.333. The van der Waals surface area contributed by atoms with Crippen molar-refractivity contribution in [1.82, 2.24) is 19.6 Å². The Morgan fingerprint density at radius 3 is 2.50 bits per heavy atom. The van der Waals surface area contributed by atoms with Crippen molar-refractivity contribution in [2.45, 2.75) is 26.9 Å². The topological polar surface area (TPSA) is 41.4 Å². The van der Waals surface area contributed by atoms with Gasteiger partial charge in [0.1, 0.15) is 5.82 Å². The van der Waals surface area contributed by atoms with Crippen LogP contribution in [0.25, 0.3) is 0 Å². The van der Waals surface area contributed by atoms with Gasteiger partial charge >= 0.3 is 0 Å². The molecule has 0 bridgehead atoms. The van der Waals surface area contributed by atoms with Gasteiger partial charge in [-0.1, -0.05) is 29.8 Å². The molecule has 2 heterocycles. The second-order valence-electron chi connectivity index (χ2n) is 8.15. The Morgan fingerprint density at radius 1 is 1.09 bits per heavy atom. The molecule has 1 fully saturated rings. The summed E-state index contributed by atoms with van der Waals surface area (Å²) in [6.07, 6.45) is 0. The molecule has 1 saturated heterocycles. The molecule has 32 heavy (non-hydrogen) atoms. The SMILES string of the molecule is Cc1nn(Cc2cccc(C(=O)N3CCN(Cc4ccc(F)cc4Cl)CC3)c2)c(C)c1Br. The first kappa shape index (κ1) is 23.0. The molecule has 1 aliphatic heterocycles. The Labute approximate surface area is 200 Å². The van der Waals surface area contributed by atoms with E-state index < -0.39 is 0 Å². The molecule has 1 aromatic heterocycles. The maximum absolute atomic E-state index is 13.3. The number of aromatic nitrogens is 2. The predicted molar refractivity (Wildman–Crippen MR) is 128 cm³/mol. The fourth-order valence-corrected chi connectivity index (χ4v) is 4.50. The highest BCUT2D eigenvalue weighted by molar-refractivity contribution is 9.10. The molecule has 3 aromatic rings. The molecule has 0 unspecified atom stereocenters. The smallest absolute Gasteiger partial charge is 0.253 e. The number of halogens is 3. The molecule has 1 amide bonds. The zero-order valence-electron chi connectivity index (χ0n) is 18.1. The first-order valence-electron chi connectivity index (χ1n) is 10.6. The number of benzene rings is 2. The minimum Gasteiger partial charge on any atom is -0.336 e. The summed E-state index contributed by atoms with van der Waals surface area (Å²) < 4.78 is 16.2.